The number of fused-ring (bicyclic) bond motifs is 2. The third-order valence-corrected chi connectivity index (χ3v) is 4.39. The van der Waals surface area contributed by atoms with Crippen molar-refractivity contribution in [1.82, 2.24) is 5.32 Å². The Balaban J connectivity index is 1.47. The van der Waals surface area contributed by atoms with E-state index in [-0.39, 0.29) is 5.91 Å². The van der Waals surface area contributed by atoms with Gasteiger partial charge in [-0.15, -0.1) is 0 Å². The third kappa shape index (κ3) is 3.08. The standard InChI is InChI=1S/C19H20N2O3/c22-19(11-13-4-5-17-18(10-13)24-9-8-23-17)21-16-3-1-2-14-6-7-20-12-15(14)16/h1-5,10,20H,6-9,11-12H2,(H,21,22). The highest BCUT2D eigenvalue weighted by molar-refractivity contribution is 5.93. The number of benzene rings is 2. The van der Waals surface area contributed by atoms with Crippen LogP contribution in [0.3, 0.4) is 0 Å². The van der Waals surface area contributed by atoms with Gasteiger partial charge in [-0.05, 0) is 47.9 Å². The number of ether oxygens (including phenoxy) is 2. The van der Waals surface area contributed by atoms with Crippen LogP contribution in [-0.2, 0) is 24.2 Å². The molecule has 2 heterocycles. The van der Waals surface area contributed by atoms with Crippen LogP contribution in [0.25, 0.3) is 0 Å². The first kappa shape index (κ1) is 15.0. The van der Waals surface area contributed by atoms with Crippen LogP contribution in [0.15, 0.2) is 36.4 Å². The molecule has 2 aromatic carbocycles. The molecule has 2 aromatic rings. The van der Waals surface area contributed by atoms with Crippen LogP contribution < -0.4 is 20.1 Å². The second kappa shape index (κ2) is 6.53. The molecule has 0 aliphatic carbocycles. The predicted molar refractivity (Wildman–Crippen MR) is 91.6 cm³/mol. The Morgan fingerprint density at radius 3 is 2.92 bits per heavy atom. The van der Waals surface area contributed by atoms with Crippen LogP contribution in [0.5, 0.6) is 11.5 Å². The molecule has 0 fully saturated rings. The van der Waals surface area contributed by atoms with Crippen molar-refractivity contribution >= 4 is 11.6 Å². The van der Waals surface area contributed by atoms with Crippen molar-refractivity contribution in [2.45, 2.75) is 19.4 Å². The lowest BCUT2D eigenvalue weighted by Crippen LogP contribution is -2.25. The van der Waals surface area contributed by atoms with Gasteiger partial charge >= 0.3 is 0 Å². The Hall–Kier alpha value is -2.53. The second-order valence-electron chi connectivity index (χ2n) is 6.07. The first-order valence-electron chi connectivity index (χ1n) is 8.29. The largest absolute Gasteiger partial charge is 0.486 e. The van der Waals surface area contributed by atoms with Gasteiger partial charge in [0, 0.05) is 12.2 Å². The van der Waals surface area contributed by atoms with E-state index in [4.69, 9.17) is 9.47 Å². The van der Waals surface area contributed by atoms with E-state index < -0.39 is 0 Å². The maximum Gasteiger partial charge on any atom is 0.228 e. The van der Waals surface area contributed by atoms with E-state index in [1.807, 2.05) is 30.3 Å². The van der Waals surface area contributed by atoms with Gasteiger partial charge in [0.05, 0.1) is 6.42 Å². The Labute approximate surface area is 141 Å². The molecule has 2 aliphatic heterocycles. The third-order valence-electron chi connectivity index (χ3n) is 4.39. The van der Waals surface area contributed by atoms with E-state index in [0.717, 1.165) is 36.5 Å². The monoisotopic (exact) mass is 324 g/mol. The van der Waals surface area contributed by atoms with E-state index in [2.05, 4.69) is 16.7 Å². The van der Waals surface area contributed by atoms with E-state index in [0.29, 0.717) is 25.4 Å². The van der Waals surface area contributed by atoms with Crippen molar-refractivity contribution in [3.8, 4) is 11.5 Å². The minimum absolute atomic E-state index is 0.0225. The molecule has 0 atom stereocenters. The van der Waals surface area contributed by atoms with E-state index in [1.165, 1.54) is 11.1 Å². The maximum atomic E-state index is 12.4. The van der Waals surface area contributed by atoms with Gasteiger partial charge in [-0.3, -0.25) is 4.79 Å². The Morgan fingerprint density at radius 2 is 2.00 bits per heavy atom. The molecule has 124 valence electrons. The van der Waals surface area contributed by atoms with Crippen molar-refractivity contribution < 1.29 is 14.3 Å². The number of hydrogen-bond donors (Lipinski definition) is 2. The molecule has 0 unspecified atom stereocenters. The minimum Gasteiger partial charge on any atom is -0.486 e. The second-order valence-corrected chi connectivity index (χ2v) is 6.07. The van der Waals surface area contributed by atoms with Crippen LogP contribution in [-0.4, -0.2) is 25.7 Å². The summed E-state index contributed by atoms with van der Waals surface area (Å²) in [5.74, 6) is 1.44. The van der Waals surface area contributed by atoms with Crippen LogP contribution in [0.2, 0.25) is 0 Å². The molecule has 0 saturated heterocycles. The Bertz CT molecular complexity index is 773. The number of nitrogens with one attached hydrogen (secondary N) is 2. The molecule has 2 N–H and O–H groups in total. The number of hydrogen-bond acceptors (Lipinski definition) is 4. The molecule has 0 spiro atoms. The van der Waals surface area contributed by atoms with Crippen LogP contribution >= 0.6 is 0 Å². The quantitative estimate of drug-likeness (QED) is 0.909. The number of carbonyl (C=O) groups is 1. The molecule has 2 aliphatic rings. The van der Waals surface area contributed by atoms with Crippen molar-refractivity contribution in [2.75, 3.05) is 25.1 Å². The van der Waals surface area contributed by atoms with Gasteiger partial charge < -0.3 is 20.1 Å². The summed E-state index contributed by atoms with van der Waals surface area (Å²) in [4.78, 5) is 12.4. The normalized spacial score (nSPS) is 15.5. The topological polar surface area (TPSA) is 59.6 Å². The molecule has 0 radical (unpaired) electrons. The molecule has 5 heteroatoms. The van der Waals surface area contributed by atoms with Gasteiger partial charge in [0.1, 0.15) is 13.2 Å². The first-order chi connectivity index (χ1) is 11.8. The molecule has 0 aromatic heterocycles. The van der Waals surface area contributed by atoms with Gasteiger partial charge in [-0.25, -0.2) is 0 Å². The summed E-state index contributed by atoms with van der Waals surface area (Å²) in [6.07, 6.45) is 1.31. The van der Waals surface area contributed by atoms with Crippen molar-refractivity contribution in [1.29, 1.82) is 0 Å². The van der Waals surface area contributed by atoms with Gasteiger partial charge in [-0.1, -0.05) is 18.2 Å². The summed E-state index contributed by atoms with van der Waals surface area (Å²) in [5, 5.41) is 6.40. The average molecular weight is 324 g/mol. The Morgan fingerprint density at radius 1 is 1.12 bits per heavy atom. The predicted octanol–water partition coefficient (Wildman–Crippen LogP) is 2.28. The summed E-state index contributed by atoms with van der Waals surface area (Å²) in [6, 6.07) is 11.8. The van der Waals surface area contributed by atoms with Crippen LogP contribution in [0, 0.1) is 0 Å². The minimum atomic E-state index is -0.0225. The molecule has 5 nitrogen and oxygen atoms in total. The van der Waals surface area contributed by atoms with Crippen molar-refractivity contribution in [2.24, 2.45) is 0 Å². The summed E-state index contributed by atoms with van der Waals surface area (Å²) in [5.41, 5.74) is 4.33. The lowest BCUT2D eigenvalue weighted by atomic mass is 9.99. The Kier molecular flexibility index (Phi) is 4.09. The lowest BCUT2D eigenvalue weighted by Gasteiger charge is -2.21. The maximum absolute atomic E-state index is 12.4. The molecular weight excluding hydrogens is 304 g/mol. The SMILES string of the molecule is O=C(Cc1ccc2c(c1)OCCO2)Nc1cccc2c1CNCC2. The molecule has 1 amide bonds. The average Bonchev–Trinajstić information content (AvgIpc) is 2.62. The molecule has 4 rings (SSSR count). The zero-order chi connectivity index (χ0) is 16.4. The number of anilines is 1. The summed E-state index contributed by atoms with van der Waals surface area (Å²) in [7, 11) is 0. The highest BCUT2D eigenvalue weighted by atomic mass is 16.6. The van der Waals surface area contributed by atoms with E-state index in [9.17, 15) is 4.79 Å². The molecular formula is C19H20N2O3. The zero-order valence-corrected chi connectivity index (χ0v) is 13.4. The molecule has 0 bridgehead atoms. The highest BCUT2D eigenvalue weighted by Gasteiger charge is 2.16. The van der Waals surface area contributed by atoms with Gasteiger partial charge in [0.25, 0.3) is 0 Å². The fourth-order valence-corrected chi connectivity index (χ4v) is 3.21. The highest BCUT2D eigenvalue weighted by Crippen LogP contribution is 2.31. The van der Waals surface area contributed by atoms with E-state index >= 15 is 0 Å². The lowest BCUT2D eigenvalue weighted by molar-refractivity contribution is -0.115. The van der Waals surface area contributed by atoms with Gasteiger partial charge in [0.2, 0.25) is 5.91 Å². The van der Waals surface area contributed by atoms with Crippen LogP contribution in [0.4, 0.5) is 5.69 Å². The number of amides is 1. The number of rotatable bonds is 3. The number of carbonyl (C=O) groups excluding carboxylic acids is 1. The summed E-state index contributed by atoms with van der Waals surface area (Å²) >= 11 is 0. The zero-order valence-electron chi connectivity index (χ0n) is 13.4. The van der Waals surface area contributed by atoms with Crippen molar-refractivity contribution in [3.63, 3.8) is 0 Å². The first-order valence-corrected chi connectivity index (χ1v) is 8.29. The van der Waals surface area contributed by atoms with E-state index in [1.54, 1.807) is 0 Å². The summed E-state index contributed by atoms with van der Waals surface area (Å²) in [6.45, 7) is 2.91. The fourth-order valence-electron chi connectivity index (χ4n) is 3.21. The molecule has 0 saturated carbocycles. The van der Waals surface area contributed by atoms with Gasteiger partial charge in [-0.2, -0.15) is 0 Å². The summed E-state index contributed by atoms with van der Waals surface area (Å²) < 4.78 is 11.1. The smallest absolute Gasteiger partial charge is 0.228 e. The van der Waals surface area contributed by atoms with Crippen molar-refractivity contribution in [3.05, 3.63) is 53.1 Å². The molecule has 24 heavy (non-hydrogen) atoms. The fraction of sp³-hybridized carbons (Fsp3) is 0.316. The van der Waals surface area contributed by atoms with Crippen LogP contribution in [0.1, 0.15) is 16.7 Å². The van der Waals surface area contributed by atoms with Gasteiger partial charge in [0.15, 0.2) is 11.5 Å².